The van der Waals surface area contributed by atoms with Gasteiger partial charge in [0.1, 0.15) is 5.75 Å². The number of urea groups is 1. The van der Waals surface area contributed by atoms with Crippen molar-refractivity contribution in [3.63, 3.8) is 0 Å². The molecule has 16 heavy (non-hydrogen) atoms. The van der Waals surface area contributed by atoms with Crippen LogP contribution < -0.4 is 21.1 Å². The van der Waals surface area contributed by atoms with E-state index in [-0.39, 0.29) is 12.1 Å². The molecule has 2 amide bonds. The van der Waals surface area contributed by atoms with E-state index in [1.807, 2.05) is 13.8 Å². The topological polar surface area (TPSA) is 76.4 Å². The Morgan fingerprint density at radius 3 is 2.62 bits per heavy atom. The summed E-state index contributed by atoms with van der Waals surface area (Å²) in [5, 5.41) is 5.37. The monoisotopic (exact) mass is 223 g/mol. The normalized spacial score (nSPS) is 10.0. The molecule has 0 fully saturated rings. The van der Waals surface area contributed by atoms with Crippen LogP contribution in [0.4, 0.5) is 16.2 Å². The van der Waals surface area contributed by atoms with E-state index >= 15 is 0 Å². The highest BCUT2D eigenvalue weighted by molar-refractivity contribution is 5.92. The number of nitrogen functional groups attached to an aromatic ring is 1. The molecule has 0 radical (unpaired) electrons. The number of methoxy groups -OCH3 is 1. The van der Waals surface area contributed by atoms with Crippen LogP contribution in [0.15, 0.2) is 18.2 Å². The van der Waals surface area contributed by atoms with Gasteiger partial charge in [0.2, 0.25) is 0 Å². The number of carbonyl (C=O) groups excluding carboxylic acids is 1. The molecule has 0 aliphatic carbocycles. The smallest absolute Gasteiger partial charge is 0.319 e. The zero-order valence-corrected chi connectivity index (χ0v) is 9.70. The summed E-state index contributed by atoms with van der Waals surface area (Å²) in [6.45, 7) is 3.77. The Balaban J connectivity index is 2.70. The van der Waals surface area contributed by atoms with E-state index in [2.05, 4.69) is 10.6 Å². The summed E-state index contributed by atoms with van der Waals surface area (Å²) < 4.78 is 5.01. The number of hydrogen-bond donors (Lipinski definition) is 3. The summed E-state index contributed by atoms with van der Waals surface area (Å²) in [5.74, 6) is 0.660. The fourth-order valence-electron chi connectivity index (χ4n) is 1.20. The molecule has 88 valence electrons. The Labute approximate surface area is 95.0 Å². The summed E-state index contributed by atoms with van der Waals surface area (Å²) in [6, 6.07) is 4.91. The molecule has 5 heteroatoms. The van der Waals surface area contributed by atoms with Gasteiger partial charge in [-0.05, 0) is 26.0 Å². The molecule has 1 aromatic carbocycles. The minimum Gasteiger partial charge on any atom is -0.497 e. The lowest BCUT2D eigenvalue weighted by atomic mass is 10.2. The lowest BCUT2D eigenvalue weighted by Crippen LogP contribution is -2.34. The number of nitrogens with two attached hydrogens (primary N) is 1. The van der Waals surface area contributed by atoms with E-state index in [0.717, 1.165) is 0 Å². The Morgan fingerprint density at radius 2 is 2.12 bits per heavy atom. The van der Waals surface area contributed by atoms with Gasteiger partial charge in [-0.2, -0.15) is 0 Å². The van der Waals surface area contributed by atoms with E-state index < -0.39 is 0 Å². The van der Waals surface area contributed by atoms with Crippen LogP contribution in [-0.4, -0.2) is 19.2 Å². The fourth-order valence-corrected chi connectivity index (χ4v) is 1.20. The zero-order valence-electron chi connectivity index (χ0n) is 9.70. The highest BCUT2D eigenvalue weighted by Gasteiger charge is 2.06. The quantitative estimate of drug-likeness (QED) is 0.684. The second-order valence-electron chi connectivity index (χ2n) is 3.71. The van der Waals surface area contributed by atoms with E-state index in [4.69, 9.17) is 10.5 Å². The average molecular weight is 223 g/mol. The number of rotatable bonds is 3. The molecular weight excluding hydrogens is 206 g/mol. The van der Waals surface area contributed by atoms with Gasteiger partial charge in [0.05, 0.1) is 18.5 Å². The average Bonchev–Trinajstić information content (AvgIpc) is 2.19. The molecule has 5 nitrogen and oxygen atoms in total. The minimum atomic E-state index is -0.271. The third kappa shape index (κ3) is 3.34. The molecule has 0 heterocycles. The number of nitrogens with one attached hydrogen (secondary N) is 2. The molecule has 0 aromatic heterocycles. The standard InChI is InChI=1S/C11H17N3O2/c1-7(2)13-11(15)14-10-5-4-8(16-3)6-9(10)12/h4-7H,12H2,1-3H3,(H2,13,14,15). The number of amides is 2. The number of hydrogen-bond acceptors (Lipinski definition) is 3. The van der Waals surface area contributed by atoms with E-state index in [0.29, 0.717) is 17.1 Å². The molecule has 0 aliphatic rings. The van der Waals surface area contributed by atoms with Gasteiger partial charge in [0.25, 0.3) is 0 Å². The molecule has 0 unspecified atom stereocenters. The molecule has 0 bridgehead atoms. The van der Waals surface area contributed by atoms with Gasteiger partial charge in [-0.25, -0.2) is 4.79 Å². The maximum absolute atomic E-state index is 11.4. The molecule has 0 saturated heterocycles. The molecule has 1 aromatic rings. The maximum Gasteiger partial charge on any atom is 0.319 e. The van der Waals surface area contributed by atoms with E-state index in [9.17, 15) is 4.79 Å². The summed E-state index contributed by atoms with van der Waals surface area (Å²) >= 11 is 0. The van der Waals surface area contributed by atoms with Crippen molar-refractivity contribution >= 4 is 17.4 Å². The van der Waals surface area contributed by atoms with Gasteiger partial charge in [-0.1, -0.05) is 0 Å². The first kappa shape index (κ1) is 12.2. The van der Waals surface area contributed by atoms with Crippen LogP contribution in [0.2, 0.25) is 0 Å². The van der Waals surface area contributed by atoms with Gasteiger partial charge < -0.3 is 21.1 Å². The predicted molar refractivity (Wildman–Crippen MR) is 64.7 cm³/mol. The third-order valence-corrected chi connectivity index (χ3v) is 1.93. The van der Waals surface area contributed by atoms with Crippen molar-refractivity contribution in [3.8, 4) is 5.75 Å². The lowest BCUT2D eigenvalue weighted by Gasteiger charge is -2.12. The Morgan fingerprint density at radius 1 is 1.44 bits per heavy atom. The third-order valence-electron chi connectivity index (χ3n) is 1.93. The summed E-state index contributed by atoms with van der Waals surface area (Å²) in [5.41, 5.74) is 6.79. The second kappa shape index (κ2) is 5.25. The van der Waals surface area contributed by atoms with Crippen LogP contribution in [0.25, 0.3) is 0 Å². The van der Waals surface area contributed by atoms with Crippen LogP contribution in [-0.2, 0) is 0 Å². The second-order valence-corrected chi connectivity index (χ2v) is 3.71. The van der Waals surface area contributed by atoms with Gasteiger partial charge >= 0.3 is 6.03 Å². The number of anilines is 2. The van der Waals surface area contributed by atoms with Gasteiger partial charge in [0, 0.05) is 12.1 Å². The highest BCUT2D eigenvalue weighted by Crippen LogP contribution is 2.23. The molecule has 0 atom stereocenters. The van der Waals surface area contributed by atoms with Gasteiger partial charge in [0.15, 0.2) is 0 Å². The van der Waals surface area contributed by atoms with Crippen LogP contribution in [0.1, 0.15) is 13.8 Å². The number of ether oxygens (including phenoxy) is 1. The fraction of sp³-hybridized carbons (Fsp3) is 0.364. The molecule has 4 N–H and O–H groups in total. The largest absolute Gasteiger partial charge is 0.497 e. The summed E-state index contributed by atoms with van der Waals surface area (Å²) in [6.07, 6.45) is 0. The van der Waals surface area contributed by atoms with Crippen LogP contribution in [0.5, 0.6) is 5.75 Å². The van der Waals surface area contributed by atoms with Crippen molar-refractivity contribution in [2.24, 2.45) is 0 Å². The van der Waals surface area contributed by atoms with E-state index in [1.54, 1.807) is 25.3 Å². The summed E-state index contributed by atoms with van der Waals surface area (Å²) in [7, 11) is 1.56. The molecule has 0 saturated carbocycles. The van der Waals surface area contributed by atoms with Gasteiger partial charge in [-0.15, -0.1) is 0 Å². The first-order valence-electron chi connectivity index (χ1n) is 5.04. The molecule has 0 aliphatic heterocycles. The molecular formula is C11H17N3O2. The first-order chi connectivity index (χ1) is 7.52. The van der Waals surface area contributed by atoms with Crippen molar-refractivity contribution < 1.29 is 9.53 Å². The Bertz CT molecular complexity index is 377. The van der Waals surface area contributed by atoms with Crippen LogP contribution in [0.3, 0.4) is 0 Å². The first-order valence-corrected chi connectivity index (χ1v) is 5.04. The summed E-state index contributed by atoms with van der Waals surface area (Å²) in [4.78, 5) is 11.4. The van der Waals surface area contributed by atoms with E-state index in [1.165, 1.54) is 0 Å². The molecule has 1 rings (SSSR count). The Hall–Kier alpha value is -1.91. The van der Waals surface area contributed by atoms with Crippen molar-refractivity contribution in [1.82, 2.24) is 5.32 Å². The number of benzene rings is 1. The SMILES string of the molecule is COc1ccc(NC(=O)NC(C)C)c(N)c1. The van der Waals surface area contributed by atoms with Crippen molar-refractivity contribution in [1.29, 1.82) is 0 Å². The van der Waals surface area contributed by atoms with Crippen molar-refractivity contribution in [2.45, 2.75) is 19.9 Å². The van der Waals surface area contributed by atoms with Crippen molar-refractivity contribution in [3.05, 3.63) is 18.2 Å². The van der Waals surface area contributed by atoms with Crippen molar-refractivity contribution in [2.75, 3.05) is 18.2 Å². The maximum atomic E-state index is 11.4. The number of carbonyl (C=O) groups is 1. The lowest BCUT2D eigenvalue weighted by molar-refractivity contribution is 0.250. The zero-order chi connectivity index (χ0) is 12.1. The van der Waals surface area contributed by atoms with Crippen LogP contribution in [0, 0.1) is 0 Å². The molecule has 0 spiro atoms. The predicted octanol–water partition coefficient (Wildman–Crippen LogP) is 1.81. The van der Waals surface area contributed by atoms with Crippen LogP contribution >= 0.6 is 0 Å². The minimum absolute atomic E-state index is 0.0828. The highest BCUT2D eigenvalue weighted by atomic mass is 16.5. The van der Waals surface area contributed by atoms with Gasteiger partial charge in [-0.3, -0.25) is 0 Å². The Kier molecular flexibility index (Phi) is 3.99.